The molecular weight excluding hydrogens is 330 g/mol. The lowest BCUT2D eigenvalue weighted by atomic mass is 10.0. The van der Waals surface area contributed by atoms with E-state index in [2.05, 4.69) is 5.32 Å². The lowest BCUT2D eigenvalue weighted by Gasteiger charge is -2.35. The van der Waals surface area contributed by atoms with Crippen molar-refractivity contribution in [1.82, 2.24) is 10.2 Å². The number of anilines is 1. The van der Waals surface area contributed by atoms with Crippen molar-refractivity contribution in [2.75, 3.05) is 31.9 Å². The monoisotopic (exact) mass is 347 g/mol. The van der Waals surface area contributed by atoms with Gasteiger partial charge in [-0.15, -0.1) is 24.8 Å². The molecule has 4 N–H and O–H groups in total. The third kappa shape index (κ3) is 4.54. The summed E-state index contributed by atoms with van der Waals surface area (Å²) in [6.45, 7) is 1.97. The smallest absolute Gasteiger partial charge is 0.258 e. The second-order valence-corrected chi connectivity index (χ2v) is 4.50. The number of rotatable bonds is 3. The van der Waals surface area contributed by atoms with Crippen molar-refractivity contribution >= 4 is 30.5 Å². The second-order valence-electron chi connectivity index (χ2n) is 4.50. The molecule has 0 radical (unpaired) electrons. The Morgan fingerprint density at radius 2 is 1.76 bits per heavy atom. The summed E-state index contributed by atoms with van der Waals surface area (Å²) in [6, 6.07) is 0.490. The molecule has 0 aromatic heterocycles. The van der Waals surface area contributed by atoms with E-state index in [4.69, 9.17) is 5.73 Å². The zero-order chi connectivity index (χ0) is 14.0. The third-order valence-corrected chi connectivity index (χ3v) is 3.24. The Morgan fingerprint density at radius 3 is 2.29 bits per heavy atom. The van der Waals surface area contributed by atoms with E-state index in [1.54, 1.807) is 0 Å². The van der Waals surface area contributed by atoms with E-state index in [1.807, 2.05) is 0 Å². The summed E-state index contributed by atoms with van der Waals surface area (Å²) in [6.07, 6.45) is -2.73. The van der Waals surface area contributed by atoms with Crippen LogP contribution in [0.2, 0.25) is 0 Å². The van der Waals surface area contributed by atoms with E-state index in [0.29, 0.717) is 26.2 Å². The summed E-state index contributed by atoms with van der Waals surface area (Å²) in [5.74, 6) is -1.20. The second kappa shape index (κ2) is 8.53. The SMILES string of the molecule is Cl.Cl.Nc1cc(F)cc([C@H](C(F)F)N2CCNCC2)c1O. The van der Waals surface area contributed by atoms with Crippen LogP contribution in [0.25, 0.3) is 0 Å². The number of nitrogen functional groups attached to an aromatic ring is 1. The van der Waals surface area contributed by atoms with Crippen LogP contribution < -0.4 is 11.1 Å². The van der Waals surface area contributed by atoms with Crippen LogP contribution >= 0.6 is 24.8 Å². The summed E-state index contributed by atoms with van der Waals surface area (Å²) in [4.78, 5) is 1.52. The number of halogens is 5. The first kappa shape index (κ1) is 20.1. The molecule has 1 heterocycles. The average Bonchev–Trinajstić information content (AvgIpc) is 2.36. The molecule has 1 aromatic carbocycles. The van der Waals surface area contributed by atoms with Gasteiger partial charge in [0.25, 0.3) is 6.43 Å². The van der Waals surface area contributed by atoms with Gasteiger partial charge < -0.3 is 16.2 Å². The number of nitrogens with zero attached hydrogens (tertiary/aromatic N) is 1. The van der Waals surface area contributed by atoms with E-state index < -0.39 is 24.0 Å². The van der Waals surface area contributed by atoms with Crippen LogP contribution in [0.4, 0.5) is 18.9 Å². The highest BCUT2D eigenvalue weighted by molar-refractivity contribution is 5.85. The van der Waals surface area contributed by atoms with E-state index in [1.165, 1.54) is 4.90 Å². The molecule has 0 aliphatic carbocycles. The first-order chi connectivity index (χ1) is 9.00. The van der Waals surface area contributed by atoms with Crippen LogP contribution in [0.5, 0.6) is 5.75 Å². The molecule has 1 aliphatic heterocycles. The lowest BCUT2D eigenvalue weighted by molar-refractivity contribution is 0.0169. The standard InChI is InChI=1S/C12H16F3N3O.2ClH/c13-7-5-8(11(19)9(16)6-7)10(12(14)15)18-3-1-17-2-4-18;;/h5-6,10,12,17,19H,1-4,16H2;2*1H/t10-;;/m1../s1. The first-order valence-electron chi connectivity index (χ1n) is 6.01. The highest BCUT2D eigenvalue weighted by Crippen LogP contribution is 2.37. The molecule has 1 atom stereocenters. The highest BCUT2D eigenvalue weighted by Gasteiger charge is 2.33. The average molecular weight is 348 g/mol. The Kier molecular flexibility index (Phi) is 8.17. The fourth-order valence-electron chi connectivity index (χ4n) is 2.32. The molecule has 1 aromatic rings. The largest absolute Gasteiger partial charge is 0.505 e. The number of nitrogens with two attached hydrogens (primary N) is 1. The zero-order valence-electron chi connectivity index (χ0n) is 11.1. The fraction of sp³-hybridized carbons (Fsp3) is 0.500. The van der Waals surface area contributed by atoms with Crippen molar-refractivity contribution in [2.45, 2.75) is 12.5 Å². The van der Waals surface area contributed by atoms with Crippen LogP contribution in [-0.4, -0.2) is 42.6 Å². The molecule has 0 amide bonds. The third-order valence-electron chi connectivity index (χ3n) is 3.24. The Hall–Kier alpha value is -0.890. The highest BCUT2D eigenvalue weighted by atomic mass is 35.5. The number of benzene rings is 1. The molecule has 0 bridgehead atoms. The van der Waals surface area contributed by atoms with Gasteiger partial charge in [0, 0.05) is 37.8 Å². The molecule has 0 spiro atoms. The van der Waals surface area contributed by atoms with Crippen LogP contribution in [0.3, 0.4) is 0 Å². The number of nitrogens with one attached hydrogen (secondary N) is 1. The molecule has 2 rings (SSSR count). The summed E-state index contributed by atoms with van der Waals surface area (Å²) in [7, 11) is 0. The van der Waals surface area contributed by atoms with Gasteiger partial charge in [0.05, 0.1) is 5.69 Å². The maximum Gasteiger partial charge on any atom is 0.258 e. The number of phenolic OH excluding ortho intramolecular Hbond substituents is 1. The molecule has 0 unspecified atom stereocenters. The predicted molar refractivity (Wildman–Crippen MR) is 80.2 cm³/mol. The van der Waals surface area contributed by atoms with Gasteiger partial charge in [0.15, 0.2) is 0 Å². The van der Waals surface area contributed by atoms with E-state index in [0.717, 1.165) is 12.1 Å². The fourth-order valence-corrected chi connectivity index (χ4v) is 2.32. The number of aromatic hydroxyl groups is 1. The number of phenols is 1. The van der Waals surface area contributed by atoms with Crippen molar-refractivity contribution in [3.05, 3.63) is 23.5 Å². The van der Waals surface area contributed by atoms with E-state index >= 15 is 0 Å². The summed E-state index contributed by atoms with van der Waals surface area (Å²) in [5.41, 5.74) is 5.04. The Labute approximate surface area is 133 Å². The van der Waals surface area contributed by atoms with Gasteiger partial charge in [-0.05, 0) is 6.07 Å². The van der Waals surface area contributed by atoms with Gasteiger partial charge >= 0.3 is 0 Å². The predicted octanol–water partition coefficient (Wildman–Crippen LogP) is 2.17. The van der Waals surface area contributed by atoms with Crippen LogP contribution in [-0.2, 0) is 0 Å². The van der Waals surface area contributed by atoms with Gasteiger partial charge in [0.2, 0.25) is 0 Å². The molecule has 1 fully saturated rings. The quantitative estimate of drug-likeness (QED) is 0.579. The van der Waals surface area contributed by atoms with E-state index in [9.17, 15) is 18.3 Å². The molecule has 122 valence electrons. The van der Waals surface area contributed by atoms with Gasteiger partial charge in [-0.3, -0.25) is 4.90 Å². The molecule has 21 heavy (non-hydrogen) atoms. The maximum atomic E-state index is 13.3. The van der Waals surface area contributed by atoms with Gasteiger partial charge in [-0.2, -0.15) is 0 Å². The molecular formula is C12H18Cl2F3N3O. The Balaban J connectivity index is 0.00000200. The Bertz CT molecular complexity index is 460. The van der Waals surface area contributed by atoms with Crippen LogP contribution in [0.15, 0.2) is 12.1 Å². The van der Waals surface area contributed by atoms with E-state index in [-0.39, 0.29) is 36.1 Å². The minimum atomic E-state index is -2.73. The van der Waals surface area contributed by atoms with Crippen molar-refractivity contribution in [3.8, 4) is 5.75 Å². The molecule has 4 nitrogen and oxygen atoms in total. The van der Waals surface area contributed by atoms with Gasteiger partial charge in [-0.25, -0.2) is 13.2 Å². The summed E-state index contributed by atoms with van der Waals surface area (Å²) in [5, 5.41) is 12.9. The number of hydrogen-bond donors (Lipinski definition) is 3. The van der Waals surface area contributed by atoms with Gasteiger partial charge in [-0.1, -0.05) is 0 Å². The molecule has 0 saturated carbocycles. The molecule has 1 aliphatic rings. The van der Waals surface area contributed by atoms with Crippen molar-refractivity contribution in [3.63, 3.8) is 0 Å². The maximum absolute atomic E-state index is 13.3. The van der Waals surface area contributed by atoms with Crippen LogP contribution in [0, 0.1) is 5.82 Å². The normalized spacial score (nSPS) is 17.0. The summed E-state index contributed by atoms with van der Waals surface area (Å²) >= 11 is 0. The zero-order valence-corrected chi connectivity index (χ0v) is 12.7. The topological polar surface area (TPSA) is 61.5 Å². The van der Waals surface area contributed by atoms with Gasteiger partial charge in [0.1, 0.15) is 17.6 Å². The first-order valence-corrected chi connectivity index (χ1v) is 6.01. The van der Waals surface area contributed by atoms with Crippen LogP contribution in [0.1, 0.15) is 11.6 Å². The number of hydrogen-bond acceptors (Lipinski definition) is 4. The van der Waals surface area contributed by atoms with Crippen molar-refractivity contribution in [2.24, 2.45) is 0 Å². The minimum absolute atomic E-state index is 0. The molecule has 9 heteroatoms. The Morgan fingerprint density at radius 1 is 1.19 bits per heavy atom. The minimum Gasteiger partial charge on any atom is -0.505 e. The van der Waals surface area contributed by atoms with Crippen molar-refractivity contribution < 1.29 is 18.3 Å². The molecule has 1 saturated heterocycles. The number of piperazine rings is 1. The van der Waals surface area contributed by atoms with Crippen molar-refractivity contribution in [1.29, 1.82) is 0 Å². The lowest BCUT2D eigenvalue weighted by Crippen LogP contribution is -2.47. The summed E-state index contributed by atoms with van der Waals surface area (Å²) < 4.78 is 39.9. The number of alkyl halides is 2.